The highest BCUT2D eigenvalue weighted by Crippen LogP contribution is 2.18. The van der Waals surface area contributed by atoms with Crippen LogP contribution in [0.1, 0.15) is 11.4 Å². The Balaban J connectivity index is 1.83. The lowest BCUT2D eigenvalue weighted by molar-refractivity contribution is 0.294. The highest BCUT2D eigenvalue weighted by Gasteiger charge is 2.06. The number of rotatable bonds is 4. The van der Waals surface area contributed by atoms with E-state index in [-0.39, 0.29) is 18.7 Å². The molecule has 3 rings (SSSR count). The zero-order valence-electron chi connectivity index (χ0n) is 10.9. The van der Waals surface area contributed by atoms with E-state index in [4.69, 9.17) is 10.5 Å². The molecule has 0 saturated carbocycles. The van der Waals surface area contributed by atoms with Crippen molar-refractivity contribution in [3.05, 3.63) is 57.2 Å². The molecular formula is C14H12FN3O2S. The van der Waals surface area contributed by atoms with Crippen LogP contribution in [-0.2, 0) is 13.2 Å². The molecule has 0 radical (unpaired) electrons. The van der Waals surface area contributed by atoms with Gasteiger partial charge in [-0.3, -0.25) is 4.79 Å². The quantitative estimate of drug-likeness (QED) is 0.774. The number of nitrogens with zero attached hydrogens (tertiary/aromatic N) is 1. The van der Waals surface area contributed by atoms with Crippen molar-refractivity contribution < 1.29 is 9.13 Å². The second kappa shape index (κ2) is 5.63. The van der Waals surface area contributed by atoms with Gasteiger partial charge in [-0.15, -0.1) is 11.3 Å². The van der Waals surface area contributed by atoms with Crippen LogP contribution in [0.2, 0.25) is 0 Å². The number of halogens is 1. The highest BCUT2D eigenvalue weighted by molar-refractivity contribution is 7.17. The lowest BCUT2D eigenvalue weighted by Gasteiger charge is -2.07. The van der Waals surface area contributed by atoms with Gasteiger partial charge in [-0.05, 0) is 29.1 Å². The third-order valence-electron chi connectivity index (χ3n) is 2.91. The molecule has 7 heteroatoms. The fraction of sp³-hybridized carbons (Fsp3) is 0.143. The van der Waals surface area contributed by atoms with Crippen molar-refractivity contribution >= 4 is 21.6 Å². The van der Waals surface area contributed by atoms with Crippen molar-refractivity contribution in [2.24, 2.45) is 5.73 Å². The second-order valence-corrected chi connectivity index (χ2v) is 5.35. The molecule has 2 aromatic heterocycles. The maximum atomic E-state index is 13.4. The Morgan fingerprint density at radius 3 is 3.05 bits per heavy atom. The molecule has 0 spiro atoms. The predicted octanol–water partition coefficient (Wildman–Crippen LogP) is 2.16. The van der Waals surface area contributed by atoms with Gasteiger partial charge in [0.05, 0.1) is 5.52 Å². The van der Waals surface area contributed by atoms with E-state index in [9.17, 15) is 9.18 Å². The Hall–Kier alpha value is -2.25. The molecule has 0 aliphatic heterocycles. The first kappa shape index (κ1) is 13.7. The average molecular weight is 305 g/mol. The molecule has 0 saturated heterocycles. The van der Waals surface area contributed by atoms with E-state index in [0.29, 0.717) is 27.4 Å². The smallest absolute Gasteiger partial charge is 0.268 e. The molecular weight excluding hydrogens is 293 g/mol. The zero-order chi connectivity index (χ0) is 14.8. The number of thiophene rings is 1. The largest absolute Gasteiger partial charge is 0.486 e. The fourth-order valence-corrected chi connectivity index (χ4v) is 2.69. The van der Waals surface area contributed by atoms with Crippen LogP contribution in [0.15, 0.2) is 34.4 Å². The number of nitrogens with two attached hydrogens (primary N) is 1. The summed E-state index contributed by atoms with van der Waals surface area (Å²) >= 11 is 1.33. The molecule has 5 nitrogen and oxygen atoms in total. The Bertz CT molecular complexity index is 844. The summed E-state index contributed by atoms with van der Waals surface area (Å²) in [7, 11) is 0. The van der Waals surface area contributed by atoms with Crippen molar-refractivity contribution in [2.45, 2.75) is 13.2 Å². The van der Waals surface area contributed by atoms with E-state index in [1.54, 1.807) is 17.5 Å². The molecule has 108 valence electrons. The van der Waals surface area contributed by atoms with Crippen molar-refractivity contribution in [2.75, 3.05) is 0 Å². The molecule has 0 fully saturated rings. The lowest BCUT2D eigenvalue weighted by atomic mass is 10.2. The van der Waals surface area contributed by atoms with E-state index in [2.05, 4.69) is 9.97 Å². The molecule has 0 bridgehead atoms. The third-order valence-corrected chi connectivity index (χ3v) is 3.81. The van der Waals surface area contributed by atoms with Crippen molar-refractivity contribution in [1.29, 1.82) is 0 Å². The maximum absolute atomic E-state index is 13.4. The predicted molar refractivity (Wildman–Crippen MR) is 78.9 cm³/mol. The summed E-state index contributed by atoms with van der Waals surface area (Å²) in [6.07, 6.45) is 0. The number of hydrogen-bond acceptors (Lipinski definition) is 5. The van der Waals surface area contributed by atoms with Crippen LogP contribution in [0.3, 0.4) is 0 Å². The van der Waals surface area contributed by atoms with Gasteiger partial charge in [0.1, 0.15) is 28.7 Å². The number of hydrogen-bond donors (Lipinski definition) is 2. The Labute approximate surface area is 123 Å². The van der Waals surface area contributed by atoms with Crippen LogP contribution in [-0.4, -0.2) is 9.97 Å². The van der Waals surface area contributed by atoms with Crippen LogP contribution in [0.5, 0.6) is 5.75 Å². The van der Waals surface area contributed by atoms with Crippen LogP contribution >= 0.6 is 11.3 Å². The molecule has 0 aliphatic rings. The van der Waals surface area contributed by atoms with Crippen LogP contribution in [0, 0.1) is 5.82 Å². The number of benzene rings is 1. The number of H-pyrrole nitrogens is 1. The minimum Gasteiger partial charge on any atom is -0.486 e. The molecule has 3 aromatic rings. The van der Waals surface area contributed by atoms with Crippen molar-refractivity contribution in [3.8, 4) is 5.75 Å². The number of fused-ring (bicyclic) bond motifs is 1. The van der Waals surface area contributed by atoms with Gasteiger partial charge in [0.25, 0.3) is 5.56 Å². The summed E-state index contributed by atoms with van der Waals surface area (Å²) in [6, 6.07) is 6.04. The molecule has 21 heavy (non-hydrogen) atoms. The Morgan fingerprint density at radius 1 is 1.38 bits per heavy atom. The Morgan fingerprint density at radius 2 is 2.24 bits per heavy atom. The summed E-state index contributed by atoms with van der Waals surface area (Å²) in [5.41, 5.74) is 6.55. The molecule has 0 unspecified atom stereocenters. The summed E-state index contributed by atoms with van der Waals surface area (Å²) < 4.78 is 19.4. The van der Waals surface area contributed by atoms with E-state index in [1.165, 1.54) is 23.5 Å². The number of ether oxygens (including phenoxy) is 1. The first-order chi connectivity index (χ1) is 10.2. The van der Waals surface area contributed by atoms with Gasteiger partial charge in [-0.1, -0.05) is 0 Å². The first-order valence-corrected chi connectivity index (χ1v) is 7.12. The van der Waals surface area contributed by atoms with E-state index < -0.39 is 5.82 Å². The maximum Gasteiger partial charge on any atom is 0.268 e. The van der Waals surface area contributed by atoms with Crippen LogP contribution in [0.4, 0.5) is 4.39 Å². The number of aromatic nitrogens is 2. The topological polar surface area (TPSA) is 81.0 Å². The monoisotopic (exact) mass is 305 g/mol. The zero-order valence-corrected chi connectivity index (χ0v) is 11.7. The minimum atomic E-state index is -0.414. The molecule has 3 N–H and O–H groups in total. The summed E-state index contributed by atoms with van der Waals surface area (Å²) in [5, 5.41) is 1.80. The summed E-state index contributed by atoms with van der Waals surface area (Å²) in [6.45, 7) is 0.276. The number of aromatic amines is 1. The van der Waals surface area contributed by atoms with Crippen LogP contribution < -0.4 is 16.0 Å². The van der Waals surface area contributed by atoms with Gasteiger partial charge in [0, 0.05) is 12.6 Å². The number of nitrogens with one attached hydrogen (secondary N) is 1. The SMILES string of the molecule is NCc1cc(F)cc(OCc2nc3ccsc3c(=O)[nH]2)c1. The van der Waals surface area contributed by atoms with Gasteiger partial charge in [0.2, 0.25) is 0 Å². The van der Waals surface area contributed by atoms with E-state index in [0.717, 1.165) is 0 Å². The van der Waals surface area contributed by atoms with Gasteiger partial charge >= 0.3 is 0 Å². The molecule has 2 heterocycles. The van der Waals surface area contributed by atoms with E-state index >= 15 is 0 Å². The molecule has 0 atom stereocenters. The van der Waals surface area contributed by atoms with Crippen molar-refractivity contribution in [1.82, 2.24) is 9.97 Å². The van der Waals surface area contributed by atoms with Gasteiger partial charge < -0.3 is 15.5 Å². The fourth-order valence-electron chi connectivity index (χ4n) is 1.96. The first-order valence-electron chi connectivity index (χ1n) is 6.24. The van der Waals surface area contributed by atoms with Gasteiger partial charge in [-0.2, -0.15) is 0 Å². The molecule has 1 aromatic carbocycles. The summed E-state index contributed by atoms with van der Waals surface area (Å²) in [5.74, 6) is 0.329. The lowest BCUT2D eigenvalue weighted by Crippen LogP contribution is -2.12. The van der Waals surface area contributed by atoms with Gasteiger partial charge in [0.15, 0.2) is 0 Å². The standard InChI is InChI=1S/C14H12FN3O2S/c15-9-3-8(6-16)4-10(5-9)20-7-12-17-11-1-2-21-13(11)14(19)18-12/h1-5H,6-7,16H2,(H,17,18,19). The molecule has 0 amide bonds. The normalized spacial score (nSPS) is 11.0. The summed E-state index contributed by atoms with van der Waals surface area (Å²) in [4.78, 5) is 18.7. The molecule has 0 aliphatic carbocycles. The Kier molecular flexibility index (Phi) is 3.68. The van der Waals surface area contributed by atoms with Crippen LogP contribution in [0.25, 0.3) is 10.2 Å². The highest BCUT2D eigenvalue weighted by atomic mass is 32.1. The minimum absolute atomic E-state index is 0.0501. The van der Waals surface area contributed by atoms with Crippen molar-refractivity contribution in [3.63, 3.8) is 0 Å². The third kappa shape index (κ3) is 2.93. The average Bonchev–Trinajstić information content (AvgIpc) is 2.93. The van der Waals surface area contributed by atoms with Gasteiger partial charge in [-0.25, -0.2) is 9.37 Å². The second-order valence-electron chi connectivity index (χ2n) is 4.44. The van der Waals surface area contributed by atoms with E-state index in [1.807, 2.05) is 0 Å².